The molecule has 0 saturated heterocycles. The van der Waals surface area contributed by atoms with Gasteiger partial charge in [0, 0.05) is 6.04 Å². The van der Waals surface area contributed by atoms with Crippen LogP contribution in [0.5, 0.6) is 0 Å². The molecule has 5 nitrogen and oxygen atoms in total. The van der Waals surface area contributed by atoms with Crippen LogP contribution >= 0.6 is 0 Å². The number of rotatable bonds is 5. The number of benzene rings is 1. The summed E-state index contributed by atoms with van der Waals surface area (Å²) < 4.78 is 65.1. The van der Waals surface area contributed by atoms with Gasteiger partial charge in [-0.15, -0.1) is 0 Å². The van der Waals surface area contributed by atoms with Crippen LogP contribution in [-0.4, -0.2) is 40.8 Å². The van der Waals surface area contributed by atoms with Gasteiger partial charge < -0.3 is 14.4 Å². The van der Waals surface area contributed by atoms with Crippen LogP contribution in [0.15, 0.2) is 6.07 Å². The summed E-state index contributed by atoms with van der Waals surface area (Å²) >= 11 is 0. The Morgan fingerprint density at radius 3 is 2.19 bits per heavy atom. The Labute approximate surface area is 116 Å². The maximum atomic E-state index is 13.4. The van der Waals surface area contributed by atoms with Crippen LogP contribution in [0, 0.1) is 23.3 Å². The lowest BCUT2D eigenvalue weighted by atomic mass is 10.1. The second kappa shape index (κ2) is 6.47. The van der Waals surface area contributed by atoms with Gasteiger partial charge in [0.15, 0.2) is 23.3 Å². The molecule has 0 spiro atoms. The number of hydrogen-bond donors (Lipinski definition) is 3. The van der Waals surface area contributed by atoms with E-state index in [1.165, 1.54) is 0 Å². The molecule has 1 aromatic rings. The van der Waals surface area contributed by atoms with Crippen molar-refractivity contribution in [3.63, 3.8) is 0 Å². The molecular formula is C10H10F5NO4Si. The largest absolute Gasteiger partial charge is 0.492 e. The van der Waals surface area contributed by atoms with Gasteiger partial charge in [-0.2, -0.15) is 5.12 Å². The predicted molar refractivity (Wildman–Crippen MR) is 60.3 cm³/mol. The zero-order valence-corrected chi connectivity index (χ0v) is 11.3. The lowest BCUT2D eigenvalue weighted by Crippen LogP contribution is -2.35. The summed E-state index contributed by atoms with van der Waals surface area (Å²) in [5, 5.41) is -0.644. The van der Waals surface area contributed by atoms with Crippen LogP contribution < -0.4 is 0 Å². The molecule has 0 atom stereocenters. The summed E-state index contributed by atoms with van der Waals surface area (Å²) in [4.78, 5) is 37.4. The predicted octanol–water partition coefficient (Wildman–Crippen LogP) is 0.876. The van der Waals surface area contributed by atoms with E-state index in [1.54, 1.807) is 0 Å². The third kappa shape index (κ3) is 4.46. The maximum absolute atomic E-state index is 13.4. The standard InChI is InChI=1S/C10H10F5NO4Si/c11-6-4-5(7(12)9(14)8(6)13)10(17)16(15)2-1-3-21(18,19)20/h4,18-20H,1-3H2. The Morgan fingerprint density at radius 1 is 1.10 bits per heavy atom. The fourth-order valence-corrected chi connectivity index (χ4v) is 2.05. The molecule has 0 aliphatic carbocycles. The molecular weight excluding hydrogens is 321 g/mol. The van der Waals surface area contributed by atoms with Crippen LogP contribution in [-0.2, 0) is 0 Å². The molecule has 1 amide bonds. The molecule has 0 radical (unpaired) electrons. The van der Waals surface area contributed by atoms with Gasteiger partial charge >= 0.3 is 8.80 Å². The molecule has 0 aliphatic rings. The average molecular weight is 331 g/mol. The lowest BCUT2D eigenvalue weighted by Gasteiger charge is -2.14. The zero-order valence-electron chi connectivity index (χ0n) is 10.3. The number of nitrogens with zero attached hydrogens (tertiary/aromatic N) is 1. The van der Waals surface area contributed by atoms with Gasteiger partial charge in [0.2, 0.25) is 0 Å². The third-order valence-electron chi connectivity index (χ3n) is 2.42. The molecule has 118 valence electrons. The average Bonchev–Trinajstić information content (AvgIpc) is 2.38. The van der Waals surface area contributed by atoms with Gasteiger partial charge in [0.1, 0.15) is 0 Å². The number of carbonyl (C=O) groups excluding carboxylic acids is 1. The van der Waals surface area contributed by atoms with Crippen LogP contribution in [0.25, 0.3) is 0 Å². The Hall–Kier alpha value is -1.56. The Morgan fingerprint density at radius 2 is 1.67 bits per heavy atom. The highest BCUT2D eigenvalue weighted by molar-refractivity contribution is 6.56. The van der Waals surface area contributed by atoms with E-state index in [0.29, 0.717) is 0 Å². The van der Waals surface area contributed by atoms with Crippen molar-refractivity contribution in [2.24, 2.45) is 0 Å². The van der Waals surface area contributed by atoms with E-state index in [9.17, 15) is 26.8 Å². The first-order valence-corrected chi connectivity index (χ1v) is 7.57. The Kier molecular flexibility index (Phi) is 5.39. The van der Waals surface area contributed by atoms with Gasteiger partial charge in [-0.05, 0) is 12.5 Å². The van der Waals surface area contributed by atoms with Gasteiger partial charge in [-0.3, -0.25) is 4.79 Å². The lowest BCUT2D eigenvalue weighted by molar-refractivity contribution is 0.0184. The molecule has 0 unspecified atom stereocenters. The van der Waals surface area contributed by atoms with Gasteiger partial charge in [-0.25, -0.2) is 17.6 Å². The summed E-state index contributed by atoms with van der Waals surface area (Å²) in [5.41, 5.74) is -1.35. The quantitative estimate of drug-likeness (QED) is 0.246. The minimum absolute atomic E-state index is 0.00579. The minimum Gasteiger partial charge on any atom is -0.390 e. The molecule has 0 fully saturated rings. The first kappa shape index (κ1) is 17.5. The second-order valence-electron chi connectivity index (χ2n) is 4.12. The van der Waals surface area contributed by atoms with Gasteiger partial charge in [-0.1, -0.05) is 4.48 Å². The van der Waals surface area contributed by atoms with E-state index in [2.05, 4.69) is 0 Å². The fraction of sp³-hybridized carbons (Fsp3) is 0.300. The molecule has 21 heavy (non-hydrogen) atoms. The molecule has 0 aromatic heterocycles. The van der Waals surface area contributed by atoms with Crippen molar-refractivity contribution in [3.8, 4) is 0 Å². The smallest absolute Gasteiger partial charge is 0.390 e. The molecule has 11 heteroatoms. The van der Waals surface area contributed by atoms with Crippen molar-refractivity contribution in [3.05, 3.63) is 34.9 Å². The molecule has 0 bridgehead atoms. The highest BCUT2D eigenvalue weighted by atomic mass is 28.4. The number of halogens is 5. The first-order valence-electron chi connectivity index (χ1n) is 5.52. The summed E-state index contributed by atoms with van der Waals surface area (Å²) in [7, 11) is -4.42. The molecule has 3 N–H and O–H groups in total. The molecule has 1 rings (SSSR count). The van der Waals surface area contributed by atoms with Crippen molar-refractivity contribution in [1.29, 1.82) is 0 Å². The molecule has 0 saturated carbocycles. The Balaban J connectivity index is 2.84. The third-order valence-corrected chi connectivity index (χ3v) is 3.44. The van der Waals surface area contributed by atoms with Crippen molar-refractivity contribution in [2.75, 3.05) is 6.54 Å². The maximum Gasteiger partial charge on any atom is 0.492 e. The number of hydrogen-bond acceptors (Lipinski definition) is 4. The zero-order chi connectivity index (χ0) is 16.4. The van der Waals surface area contributed by atoms with Crippen molar-refractivity contribution in [2.45, 2.75) is 12.5 Å². The molecule has 0 heterocycles. The summed E-state index contributed by atoms with van der Waals surface area (Å²) in [5.74, 6) is -10.1. The number of carbonyl (C=O) groups is 1. The van der Waals surface area contributed by atoms with Gasteiger partial charge in [0.05, 0.1) is 12.1 Å². The van der Waals surface area contributed by atoms with E-state index in [4.69, 9.17) is 14.4 Å². The molecule has 1 aromatic carbocycles. The second-order valence-corrected chi connectivity index (χ2v) is 6.17. The van der Waals surface area contributed by atoms with E-state index in [-0.39, 0.29) is 6.07 Å². The SMILES string of the molecule is O=C(c1cc(F)c(F)c(F)c1F)N(F)CCC[Si](O)(O)O. The Bertz CT molecular complexity index is 551. The van der Waals surface area contributed by atoms with E-state index in [0.717, 1.165) is 0 Å². The summed E-state index contributed by atoms with van der Waals surface area (Å²) in [6, 6.07) is -0.596. The van der Waals surface area contributed by atoms with E-state index >= 15 is 0 Å². The van der Waals surface area contributed by atoms with Gasteiger partial charge in [0.25, 0.3) is 5.91 Å². The van der Waals surface area contributed by atoms with E-state index in [1.807, 2.05) is 0 Å². The summed E-state index contributed by atoms with van der Waals surface area (Å²) in [6.07, 6.45) is -0.397. The highest BCUT2D eigenvalue weighted by Gasteiger charge is 2.29. The minimum atomic E-state index is -4.42. The van der Waals surface area contributed by atoms with E-state index < -0.39 is 67.7 Å². The van der Waals surface area contributed by atoms with Crippen molar-refractivity contribution in [1.82, 2.24) is 5.12 Å². The topological polar surface area (TPSA) is 81.0 Å². The monoisotopic (exact) mass is 331 g/mol. The highest BCUT2D eigenvalue weighted by Crippen LogP contribution is 2.20. The van der Waals surface area contributed by atoms with Crippen LogP contribution in [0.1, 0.15) is 16.8 Å². The van der Waals surface area contributed by atoms with Crippen LogP contribution in [0.2, 0.25) is 6.04 Å². The molecule has 0 aliphatic heterocycles. The van der Waals surface area contributed by atoms with Crippen molar-refractivity contribution >= 4 is 14.7 Å². The van der Waals surface area contributed by atoms with Crippen molar-refractivity contribution < 1.29 is 41.2 Å². The number of amides is 1. The van der Waals surface area contributed by atoms with Crippen LogP contribution in [0.4, 0.5) is 22.0 Å². The van der Waals surface area contributed by atoms with Crippen LogP contribution in [0.3, 0.4) is 0 Å². The first-order chi connectivity index (χ1) is 9.54. The fourth-order valence-electron chi connectivity index (χ4n) is 1.42. The summed E-state index contributed by atoms with van der Waals surface area (Å²) in [6.45, 7) is -0.796. The normalized spacial score (nSPS) is 11.6.